The Bertz CT molecular complexity index is 343. The Kier molecular flexibility index (Phi) is 3.62. The number of hydrogen-bond donors (Lipinski definition) is 1. The van der Waals surface area contributed by atoms with Crippen molar-refractivity contribution in [2.75, 3.05) is 0 Å². The summed E-state index contributed by atoms with van der Waals surface area (Å²) in [7, 11) is 0. The van der Waals surface area contributed by atoms with Crippen LogP contribution < -0.4 is 0 Å². The first-order chi connectivity index (χ1) is 6.11. The number of carbonyl (C=O) groups is 1. The predicted octanol–water partition coefficient (Wildman–Crippen LogP) is 2.70. The highest BCUT2D eigenvalue weighted by molar-refractivity contribution is 9.11. The number of aliphatic carboxylic acids is 1. The van der Waals surface area contributed by atoms with Crippen LogP contribution in [0.3, 0.4) is 0 Å². The fourth-order valence-corrected chi connectivity index (χ4v) is 1.93. The maximum absolute atomic E-state index is 10.3. The second-order valence-corrected chi connectivity index (χ2v) is 3.90. The summed E-state index contributed by atoms with van der Waals surface area (Å²) in [6.45, 7) is 0. The number of hydrogen-bond acceptors (Lipinski definition) is 2. The van der Waals surface area contributed by atoms with Gasteiger partial charge >= 0.3 is 5.97 Å². The topological polar surface area (TPSA) is 50.2 Å². The lowest BCUT2D eigenvalue weighted by Crippen LogP contribution is -1.87. The molecule has 1 N–H and O–H groups in total. The Labute approximate surface area is 91.7 Å². The van der Waals surface area contributed by atoms with Crippen molar-refractivity contribution >= 4 is 43.9 Å². The molecule has 0 saturated heterocycles. The average Bonchev–Trinajstić information content (AvgIpc) is 2.03. The fourth-order valence-electron chi connectivity index (χ4n) is 0.735. The molecule has 3 nitrogen and oxygen atoms in total. The Balaban J connectivity index is 3.06. The summed E-state index contributed by atoms with van der Waals surface area (Å²) in [5.74, 6) is -0.976. The molecule has 0 saturated carbocycles. The van der Waals surface area contributed by atoms with Crippen molar-refractivity contribution in [1.82, 2.24) is 4.98 Å². The van der Waals surface area contributed by atoms with E-state index in [1.54, 1.807) is 12.4 Å². The average molecular weight is 307 g/mol. The zero-order valence-electron chi connectivity index (χ0n) is 6.37. The smallest absolute Gasteiger partial charge is 0.328 e. The summed E-state index contributed by atoms with van der Waals surface area (Å²) in [6.07, 6.45) is 5.78. The van der Waals surface area contributed by atoms with Crippen molar-refractivity contribution in [3.63, 3.8) is 0 Å². The molecule has 0 aliphatic carbocycles. The molecule has 0 aliphatic heterocycles. The third-order valence-corrected chi connectivity index (χ3v) is 2.55. The molecule has 5 heteroatoms. The van der Waals surface area contributed by atoms with Crippen molar-refractivity contribution in [2.24, 2.45) is 0 Å². The molecule has 0 aromatic carbocycles. The molecule has 0 fully saturated rings. The number of aromatic nitrogens is 1. The van der Waals surface area contributed by atoms with Crippen molar-refractivity contribution < 1.29 is 9.90 Å². The van der Waals surface area contributed by atoms with Crippen molar-refractivity contribution in [2.45, 2.75) is 0 Å². The summed E-state index contributed by atoms with van der Waals surface area (Å²) < 4.78 is 1.50. The highest BCUT2D eigenvalue weighted by Gasteiger charge is 2.01. The molecule has 0 amide bonds. The highest BCUT2D eigenvalue weighted by atomic mass is 79.9. The van der Waals surface area contributed by atoms with Crippen molar-refractivity contribution in [1.29, 1.82) is 0 Å². The minimum Gasteiger partial charge on any atom is -0.478 e. The van der Waals surface area contributed by atoms with Crippen LogP contribution in [0.1, 0.15) is 5.56 Å². The second-order valence-electron chi connectivity index (χ2n) is 2.19. The van der Waals surface area contributed by atoms with Crippen LogP contribution in [0.2, 0.25) is 0 Å². The van der Waals surface area contributed by atoms with Crippen LogP contribution in [-0.2, 0) is 4.79 Å². The van der Waals surface area contributed by atoms with E-state index in [0.29, 0.717) is 0 Å². The molecule has 0 unspecified atom stereocenters. The number of nitrogens with zero attached hydrogens (tertiary/aromatic N) is 1. The maximum atomic E-state index is 10.3. The molecule has 1 aromatic rings. The molecular formula is C8H5Br2NO2. The molecule has 1 heterocycles. The number of carboxylic acids is 1. The molecule has 0 spiro atoms. The lowest BCUT2D eigenvalue weighted by atomic mass is 10.2. The summed E-state index contributed by atoms with van der Waals surface area (Å²) in [6, 6.07) is 0. The number of rotatable bonds is 2. The van der Waals surface area contributed by atoms with Crippen LogP contribution in [0.5, 0.6) is 0 Å². The van der Waals surface area contributed by atoms with Gasteiger partial charge in [-0.15, -0.1) is 0 Å². The molecule has 68 valence electrons. The second kappa shape index (κ2) is 4.53. The minimum absolute atomic E-state index is 0.749. The Hall–Kier alpha value is -0.680. The van der Waals surface area contributed by atoms with Gasteiger partial charge < -0.3 is 5.11 Å². The Morgan fingerprint density at radius 1 is 1.38 bits per heavy atom. The van der Waals surface area contributed by atoms with Gasteiger partial charge in [-0.2, -0.15) is 0 Å². The van der Waals surface area contributed by atoms with E-state index in [9.17, 15) is 4.79 Å². The third kappa shape index (κ3) is 2.93. The lowest BCUT2D eigenvalue weighted by Gasteiger charge is -1.99. The largest absolute Gasteiger partial charge is 0.478 e. The molecule has 1 rings (SSSR count). The van der Waals surface area contributed by atoms with Gasteiger partial charge in [0.1, 0.15) is 0 Å². The maximum Gasteiger partial charge on any atom is 0.328 e. The molecule has 13 heavy (non-hydrogen) atoms. The van der Waals surface area contributed by atoms with Crippen LogP contribution in [0.4, 0.5) is 0 Å². The van der Waals surface area contributed by atoms with E-state index in [4.69, 9.17) is 5.11 Å². The van der Waals surface area contributed by atoms with Crippen LogP contribution in [-0.4, -0.2) is 16.1 Å². The van der Waals surface area contributed by atoms with E-state index < -0.39 is 5.97 Å². The SMILES string of the molecule is O=C(O)C=Cc1c(Br)cncc1Br. The first-order valence-corrected chi connectivity index (χ1v) is 4.90. The van der Waals surface area contributed by atoms with Gasteiger partial charge in [-0.05, 0) is 37.9 Å². The fraction of sp³-hybridized carbons (Fsp3) is 0. The number of carboxylic acid groups (broad SMARTS) is 1. The Morgan fingerprint density at radius 2 is 1.92 bits per heavy atom. The van der Waals surface area contributed by atoms with Gasteiger partial charge in [0, 0.05) is 33.0 Å². The highest BCUT2D eigenvalue weighted by Crippen LogP contribution is 2.24. The van der Waals surface area contributed by atoms with E-state index in [1.165, 1.54) is 6.08 Å². The molecule has 0 atom stereocenters. The molecule has 0 aliphatic rings. The van der Waals surface area contributed by atoms with Gasteiger partial charge in [0.05, 0.1) is 0 Å². The standard InChI is InChI=1S/C8H5Br2NO2/c9-6-3-11-4-7(10)5(6)1-2-8(12)13/h1-4H,(H,12,13). The molecule has 1 aromatic heterocycles. The lowest BCUT2D eigenvalue weighted by molar-refractivity contribution is -0.131. The van der Waals surface area contributed by atoms with Gasteiger partial charge in [-0.25, -0.2) is 4.79 Å². The number of halogens is 2. The first kappa shape index (κ1) is 10.4. The van der Waals surface area contributed by atoms with Crippen LogP contribution in [0.15, 0.2) is 27.4 Å². The predicted molar refractivity (Wildman–Crippen MR) is 56.3 cm³/mol. The van der Waals surface area contributed by atoms with E-state index in [-0.39, 0.29) is 0 Å². The van der Waals surface area contributed by atoms with Crippen molar-refractivity contribution in [3.8, 4) is 0 Å². The van der Waals surface area contributed by atoms with Crippen LogP contribution >= 0.6 is 31.9 Å². The third-order valence-electron chi connectivity index (χ3n) is 1.28. The van der Waals surface area contributed by atoms with Gasteiger partial charge in [-0.1, -0.05) is 0 Å². The summed E-state index contributed by atoms with van der Waals surface area (Å²) >= 11 is 6.52. The van der Waals surface area contributed by atoms with E-state index in [1.807, 2.05) is 0 Å². The quantitative estimate of drug-likeness (QED) is 0.855. The van der Waals surface area contributed by atoms with Gasteiger partial charge in [0.2, 0.25) is 0 Å². The van der Waals surface area contributed by atoms with Gasteiger partial charge in [0.15, 0.2) is 0 Å². The van der Waals surface area contributed by atoms with Gasteiger partial charge in [0.25, 0.3) is 0 Å². The summed E-state index contributed by atoms with van der Waals surface area (Å²) in [5, 5.41) is 8.42. The monoisotopic (exact) mass is 305 g/mol. The first-order valence-electron chi connectivity index (χ1n) is 3.31. The zero-order valence-corrected chi connectivity index (χ0v) is 9.54. The summed E-state index contributed by atoms with van der Waals surface area (Å²) in [4.78, 5) is 14.2. The zero-order chi connectivity index (χ0) is 9.84. The Morgan fingerprint density at radius 3 is 2.38 bits per heavy atom. The minimum atomic E-state index is -0.976. The van der Waals surface area contributed by atoms with Gasteiger partial charge in [-0.3, -0.25) is 4.98 Å². The van der Waals surface area contributed by atoms with Crippen LogP contribution in [0.25, 0.3) is 6.08 Å². The van der Waals surface area contributed by atoms with E-state index in [0.717, 1.165) is 20.6 Å². The number of pyridine rings is 1. The summed E-state index contributed by atoms with van der Waals surface area (Å²) in [5.41, 5.74) is 0.761. The molecular weight excluding hydrogens is 302 g/mol. The molecule has 0 radical (unpaired) electrons. The molecule has 0 bridgehead atoms. The van der Waals surface area contributed by atoms with E-state index >= 15 is 0 Å². The van der Waals surface area contributed by atoms with Crippen molar-refractivity contribution in [3.05, 3.63) is 33.0 Å². The van der Waals surface area contributed by atoms with Crippen LogP contribution in [0, 0.1) is 0 Å². The van der Waals surface area contributed by atoms with E-state index in [2.05, 4.69) is 36.8 Å². The normalized spacial score (nSPS) is 10.6.